The molecule has 2 aromatic heterocycles. The first-order valence-electron chi connectivity index (χ1n) is 19.2. The van der Waals surface area contributed by atoms with Gasteiger partial charge in [-0.05, 0) is 143 Å². The van der Waals surface area contributed by atoms with Gasteiger partial charge in [-0.25, -0.2) is 4.98 Å². The number of allylic oxidation sites excluding steroid dienone is 1. The molecule has 1 atom stereocenters. The van der Waals surface area contributed by atoms with Crippen molar-refractivity contribution in [2.45, 2.75) is 115 Å². The molecule has 4 saturated carbocycles. The van der Waals surface area contributed by atoms with Gasteiger partial charge in [0.2, 0.25) is 5.91 Å². The molecule has 5 aliphatic rings. The normalized spacial score (nSPS) is 27.0. The van der Waals surface area contributed by atoms with Gasteiger partial charge in [-0.1, -0.05) is 12.1 Å². The Morgan fingerprint density at radius 2 is 1.79 bits per heavy atom. The summed E-state index contributed by atoms with van der Waals surface area (Å²) in [4.78, 5) is 21.6. The molecule has 52 heavy (non-hydrogen) atoms. The van der Waals surface area contributed by atoms with Crippen molar-refractivity contribution < 1.29 is 29.1 Å². The molecule has 5 fully saturated rings. The van der Waals surface area contributed by atoms with Crippen molar-refractivity contribution in [1.82, 2.24) is 14.8 Å². The number of methoxy groups -OCH3 is 1. The van der Waals surface area contributed by atoms with Crippen LogP contribution in [0.25, 0.3) is 11.1 Å². The van der Waals surface area contributed by atoms with Crippen LogP contribution in [0.5, 0.6) is 5.75 Å². The van der Waals surface area contributed by atoms with Gasteiger partial charge in [0, 0.05) is 36.8 Å². The predicted molar refractivity (Wildman–Crippen MR) is 202 cm³/mol. The van der Waals surface area contributed by atoms with Gasteiger partial charge >= 0.3 is 6.08 Å². The lowest BCUT2D eigenvalue weighted by Crippen LogP contribution is -2.51. The molecule has 1 saturated heterocycles. The van der Waals surface area contributed by atoms with E-state index in [1.54, 1.807) is 17.9 Å². The summed E-state index contributed by atoms with van der Waals surface area (Å²) in [7, 11) is 1.73. The number of hydrogen-bond donors (Lipinski definition) is 2. The SMILES string of the molecule is COc1ccc(C23CCC(CN(C(=O)C4CCC(=COC(O)=[N+]5CC[C@@H](O)C5)CC4)c4cc(-c5cnn(C(C)(C)C)c5)ccn4)(CC2)CC3)cc1C. The number of pyridine rings is 1. The highest BCUT2D eigenvalue weighted by atomic mass is 16.6. The topological polar surface area (TPSA) is 113 Å². The van der Waals surface area contributed by atoms with Gasteiger partial charge in [0.15, 0.2) is 13.1 Å². The summed E-state index contributed by atoms with van der Waals surface area (Å²) in [5, 5.41) is 24.8. The number of anilines is 1. The molecule has 10 heteroatoms. The van der Waals surface area contributed by atoms with E-state index in [1.165, 1.54) is 11.1 Å². The predicted octanol–water partition coefficient (Wildman–Crippen LogP) is 7.42. The van der Waals surface area contributed by atoms with Crippen LogP contribution in [0.3, 0.4) is 0 Å². The lowest BCUT2D eigenvalue weighted by molar-refractivity contribution is -0.526. The molecule has 2 bridgehead atoms. The molecule has 1 aromatic carbocycles. The summed E-state index contributed by atoms with van der Waals surface area (Å²) in [6.07, 6.45) is 17.0. The molecular formula is C42H56N5O5+. The van der Waals surface area contributed by atoms with Crippen LogP contribution in [0.1, 0.15) is 103 Å². The third-order valence-corrected chi connectivity index (χ3v) is 12.5. The van der Waals surface area contributed by atoms with E-state index < -0.39 is 6.10 Å². The summed E-state index contributed by atoms with van der Waals surface area (Å²) in [5.41, 5.74) is 5.82. The van der Waals surface area contributed by atoms with Crippen LogP contribution >= 0.6 is 0 Å². The molecule has 0 spiro atoms. The standard InChI is InChI=1S/C42H55N5O5/c1-29-22-34(10-11-36(29)51-5)42-17-14-41(15-18-42,16-19-42)28-46(37-23-32(12-20-43-37)33-24-44-47(25-33)40(2,3)4)38(49)31-8-6-30(7-9-31)27-52-39(50)45-21-13-35(48)26-45/h10-12,20,22-25,27,31,35,48H,6-9,13-19,21,26,28H2,1-5H3/p+1/t31?,35-,41?,42?/m1/s1. The van der Waals surface area contributed by atoms with Crippen molar-refractivity contribution in [1.29, 1.82) is 0 Å². The van der Waals surface area contributed by atoms with E-state index in [0.717, 1.165) is 86.7 Å². The maximum absolute atomic E-state index is 14.7. The Kier molecular flexibility index (Phi) is 9.97. The Hall–Kier alpha value is -4.18. The molecular weight excluding hydrogens is 654 g/mol. The van der Waals surface area contributed by atoms with Crippen LogP contribution in [-0.4, -0.2) is 74.4 Å². The first kappa shape index (κ1) is 36.2. The largest absolute Gasteiger partial charge is 0.551 e. The number of aliphatic hydroxyl groups excluding tert-OH is 2. The molecule has 0 radical (unpaired) electrons. The minimum Gasteiger partial charge on any atom is -0.496 e. The fraction of sp³-hybridized carbons (Fsp3) is 0.571. The van der Waals surface area contributed by atoms with Crippen LogP contribution in [0.4, 0.5) is 5.82 Å². The van der Waals surface area contributed by atoms with Crippen LogP contribution < -0.4 is 9.64 Å². The van der Waals surface area contributed by atoms with Gasteiger partial charge in [-0.3, -0.25) is 14.4 Å². The fourth-order valence-corrected chi connectivity index (χ4v) is 9.03. The molecule has 10 nitrogen and oxygen atoms in total. The Morgan fingerprint density at radius 3 is 2.40 bits per heavy atom. The van der Waals surface area contributed by atoms with E-state index in [0.29, 0.717) is 31.9 Å². The maximum atomic E-state index is 14.7. The van der Waals surface area contributed by atoms with Crippen LogP contribution in [-0.2, 0) is 20.5 Å². The van der Waals surface area contributed by atoms with E-state index in [2.05, 4.69) is 63.3 Å². The number of carbonyl (C=O) groups is 1. The van der Waals surface area contributed by atoms with E-state index in [9.17, 15) is 15.0 Å². The van der Waals surface area contributed by atoms with E-state index in [-0.39, 0.29) is 34.3 Å². The Morgan fingerprint density at radius 1 is 1.06 bits per heavy atom. The van der Waals surface area contributed by atoms with Crippen molar-refractivity contribution in [3.8, 4) is 16.9 Å². The number of rotatable bonds is 8. The molecule has 1 amide bonds. The number of β-amino-alcohol motifs (C(OH)–C–C–N with tert-alkyl or cyclic N) is 1. The van der Waals surface area contributed by atoms with Crippen molar-refractivity contribution in [2.24, 2.45) is 11.3 Å². The smallest absolute Gasteiger partial charge is 0.496 e. The second kappa shape index (κ2) is 14.3. The zero-order valence-electron chi connectivity index (χ0n) is 31.6. The van der Waals surface area contributed by atoms with Crippen molar-refractivity contribution in [3.05, 3.63) is 71.9 Å². The van der Waals surface area contributed by atoms with E-state index >= 15 is 0 Å². The molecule has 3 heterocycles. The lowest BCUT2D eigenvalue weighted by atomic mass is 9.51. The molecule has 1 aliphatic heterocycles. The van der Waals surface area contributed by atoms with Gasteiger partial charge in [0.25, 0.3) is 0 Å². The Bertz CT molecular complexity index is 1820. The summed E-state index contributed by atoms with van der Waals surface area (Å²) in [5.74, 6) is 1.68. The van der Waals surface area contributed by atoms with Crippen molar-refractivity contribution in [2.75, 3.05) is 31.6 Å². The molecule has 3 aromatic rings. The monoisotopic (exact) mass is 710 g/mol. The number of aryl methyl sites for hydroxylation is 1. The minimum absolute atomic E-state index is 0.0534. The highest BCUT2D eigenvalue weighted by Crippen LogP contribution is 2.58. The lowest BCUT2D eigenvalue weighted by Gasteiger charge is -2.55. The summed E-state index contributed by atoms with van der Waals surface area (Å²) in [6.45, 7) is 10.2. The maximum Gasteiger partial charge on any atom is 0.551 e. The first-order chi connectivity index (χ1) is 24.9. The molecule has 4 aliphatic carbocycles. The van der Waals surface area contributed by atoms with E-state index in [4.69, 9.17) is 14.5 Å². The highest BCUT2D eigenvalue weighted by molar-refractivity contribution is 5.95. The molecule has 278 valence electrons. The van der Waals surface area contributed by atoms with Gasteiger partial charge in [-0.15, -0.1) is 0 Å². The minimum atomic E-state index is -0.443. The molecule has 2 N–H and O–H groups in total. The summed E-state index contributed by atoms with van der Waals surface area (Å²) in [6, 6.07) is 10.8. The van der Waals surface area contributed by atoms with Gasteiger partial charge in [-0.2, -0.15) is 9.67 Å². The summed E-state index contributed by atoms with van der Waals surface area (Å²) < 4.78 is 14.8. The van der Waals surface area contributed by atoms with Crippen LogP contribution in [0.2, 0.25) is 0 Å². The number of hydrogen-bond acceptors (Lipinski definition) is 6. The van der Waals surface area contributed by atoms with E-state index in [1.807, 2.05) is 28.0 Å². The number of carbonyl (C=O) groups excluding carboxylic acids is 1. The first-order valence-corrected chi connectivity index (χ1v) is 19.2. The number of ether oxygens (including phenoxy) is 2. The number of amides is 1. The zero-order chi connectivity index (χ0) is 36.7. The Balaban J connectivity index is 1.11. The van der Waals surface area contributed by atoms with Crippen LogP contribution in [0, 0.1) is 18.3 Å². The number of benzene rings is 1. The average molecular weight is 711 g/mol. The third-order valence-electron chi connectivity index (χ3n) is 12.5. The number of fused-ring (bicyclic) bond motifs is 3. The van der Waals surface area contributed by atoms with Gasteiger partial charge in [0.1, 0.15) is 23.9 Å². The van der Waals surface area contributed by atoms with Crippen molar-refractivity contribution >= 4 is 17.8 Å². The number of aliphatic hydroxyl groups is 2. The van der Waals surface area contributed by atoms with Gasteiger partial charge < -0.3 is 19.7 Å². The second-order valence-electron chi connectivity index (χ2n) is 17.0. The molecule has 8 rings (SSSR count). The zero-order valence-corrected chi connectivity index (χ0v) is 31.6. The number of nitrogens with zero attached hydrogens (tertiary/aromatic N) is 5. The fourth-order valence-electron chi connectivity index (χ4n) is 9.03. The van der Waals surface area contributed by atoms with Crippen LogP contribution in [0.15, 0.2) is 60.8 Å². The quantitative estimate of drug-likeness (QED) is 0.142. The van der Waals surface area contributed by atoms with Gasteiger partial charge in [0.05, 0.1) is 18.8 Å². The third kappa shape index (κ3) is 7.36. The highest BCUT2D eigenvalue weighted by Gasteiger charge is 2.51. The second-order valence-corrected chi connectivity index (χ2v) is 17.0. The molecule has 0 unspecified atom stereocenters. The van der Waals surface area contributed by atoms with Crippen molar-refractivity contribution in [3.63, 3.8) is 0 Å². The summed E-state index contributed by atoms with van der Waals surface area (Å²) >= 11 is 0. The Labute approximate surface area is 308 Å². The average Bonchev–Trinajstić information content (AvgIpc) is 3.84. The number of aromatic nitrogens is 3.